The Hall–Kier alpha value is -2.95. The van der Waals surface area contributed by atoms with E-state index in [9.17, 15) is 9.18 Å². The van der Waals surface area contributed by atoms with Gasteiger partial charge in [0, 0.05) is 37.5 Å². The molecule has 0 saturated heterocycles. The molecule has 0 spiro atoms. The van der Waals surface area contributed by atoms with E-state index < -0.39 is 0 Å². The fourth-order valence-electron chi connectivity index (χ4n) is 2.97. The third-order valence-corrected chi connectivity index (χ3v) is 4.31. The molecule has 0 radical (unpaired) electrons. The van der Waals surface area contributed by atoms with Gasteiger partial charge in [0.1, 0.15) is 11.6 Å². The van der Waals surface area contributed by atoms with E-state index >= 15 is 0 Å². The Balaban J connectivity index is 1.62. The van der Waals surface area contributed by atoms with Gasteiger partial charge in [-0.25, -0.2) is 9.37 Å². The number of nitrogens with zero attached hydrogens (tertiary/aromatic N) is 2. The maximum absolute atomic E-state index is 13.2. The normalized spacial score (nSPS) is 10.7. The molecule has 3 aromatic rings. The molecule has 5 heteroatoms. The lowest BCUT2D eigenvalue weighted by atomic mass is 9.99. The zero-order valence-electron chi connectivity index (χ0n) is 14.8. The first-order chi connectivity index (χ1) is 12.7. The first-order valence-electron chi connectivity index (χ1n) is 8.82. The smallest absolute Gasteiger partial charge is 0.251 e. The molecule has 0 atom stereocenters. The molecule has 1 aromatic heterocycles. The minimum atomic E-state index is -0.290. The molecular weight excluding hydrogens is 329 g/mol. The quantitative estimate of drug-likeness (QED) is 0.652. The van der Waals surface area contributed by atoms with E-state index in [1.807, 2.05) is 24.4 Å². The van der Waals surface area contributed by atoms with E-state index in [1.54, 1.807) is 24.4 Å². The summed E-state index contributed by atoms with van der Waals surface area (Å²) < 4.78 is 15.3. The molecule has 3 rings (SSSR count). The third-order valence-electron chi connectivity index (χ3n) is 4.31. The number of imidazole rings is 1. The van der Waals surface area contributed by atoms with Crippen molar-refractivity contribution in [2.45, 2.75) is 26.3 Å². The minimum Gasteiger partial charge on any atom is -0.352 e. The van der Waals surface area contributed by atoms with Gasteiger partial charge in [0.25, 0.3) is 5.91 Å². The van der Waals surface area contributed by atoms with Gasteiger partial charge in [-0.1, -0.05) is 37.3 Å². The molecule has 0 bridgehead atoms. The molecule has 0 aliphatic rings. The summed E-state index contributed by atoms with van der Waals surface area (Å²) in [5, 5.41) is 2.97. The van der Waals surface area contributed by atoms with Crippen molar-refractivity contribution in [1.29, 1.82) is 0 Å². The largest absolute Gasteiger partial charge is 0.352 e. The number of hydrogen-bond acceptors (Lipinski definition) is 2. The molecule has 2 aromatic carbocycles. The predicted molar refractivity (Wildman–Crippen MR) is 100 cm³/mol. The Labute approximate surface area is 152 Å². The van der Waals surface area contributed by atoms with E-state index in [0.29, 0.717) is 12.1 Å². The van der Waals surface area contributed by atoms with Crippen LogP contribution in [0.3, 0.4) is 0 Å². The Morgan fingerprint density at radius 1 is 1.15 bits per heavy atom. The molecule has 0 aliphatic carbocycles. The van der Waals surface area contributed by atoms with Crippen LogP contribution in [0.1, 0.15) is 29.5 Å². The monoisotopic (exact) mass is 351 g/mol. The molecule has 1 heterocycles. The van der Waals surface area contributed by atoms with Crippen molar-refractivity contribution < 1.29 is 9.18 Å². The fraction of sp³-hybridized carbons (Fsp3) is 0.238. The summed E-state index contributed by atoms with van der Waals surface area (Å²) >= 11 is 0. The number of carbonyl (C=O) groups excluding carboxylic acids is 1. The zero-order valence-corrected chi connectivity index (χ0v) is 14.8. The van der Waals surface area contributed by atoms with Crippen molar-refractivity contribution in [3.63, 3.8) is 0 Å². The first-order valence-corrected chi connectivity index (χ1v) is 8.82. The SMILES string of the molecule is CCc1nccn1CCCNC(=O)c1ccccc1-c1ccc(F)cc1. The maximum Gasteiger partial charge on any atom is 0.251 e. The summed E-state index contributed by atoms with van der Waals surface area (Å²) in [4.78, 5) is 16.9. The van der Waals surface area contributed by atoms with Gasteiger partial charge in [0.05, 0.1) is 0 Å². The van der Waals surface area contributed by atoms with Crippen LogP contribution in [-0.2, 0) is 13.0 Å². The summed E-state index contributed by atoms with van der Waals surface area (Å²) in [7, 11) is 0. The van der Waals surface area contributed by atoms with Crippen LogP contribution in [0.25, 0.3) is 11.1 Å². The Kier molecular flexibility index (Phi) is 5.79. The van der Waals surface area contributed by atoms with Gasteiger partial charge in [-0.3, -0.25) is 4.79 Å². The van der Waals surface area contributed by atoms with Crippen molar-refractivity contribution in [1.82, 2.24) is 14.9 Å². The molecular formula is C21H22FN3O. The van der Waals surface area contributed by atoms with E-state index in [2.05, 4.69) is 21.8 Å². The fourth-order valence-corrected chi connectivity index (χ4v) is 2.97. The molecule has 26 heavy (non-hydrogen) atoms. The number of amides is 1. The maximum atomic E-state index is 13.2. The molecule has 1 N–H and O–H groups in total. The number of carbonyl (C=O) groups is 1. The van der Waals surface area contributed by atoms with Gasteiger partial charge in [-0.2, -0.15) is 0 Å². The van der Waals surface area contributed by atoms with Gasteiger partial charge in [-0.05, 0) is 35.7 Å². The summed E-state index contributed by atoms with van der Waals surface area (Å²) in [6.45, 7) is 3.48. The number of benzene rings is 2. The number of nitrogens with one attached hydrogen (secondary N) is 1. The van der Waals surface area contributed by atoms with Crippen molar-refractivity contribution in [3.05, 3.63) is 78.1 Å². The summed E-state index contributed by atoms with van der Waals surface area (Å²) in [5.74, 6) is 0.644. The van der Waals surface area contributed by atoms with Gasteiger partial charge in [-0.15, -0.1) is 0 Å². The average Bonchev–Trinajstić information content (AvgIpc) is 3.13. The van der Waals surface area contributed by atoms with E-state index in [0.717, 1.165) is 36.3 Å². The second kappa shape index (κ2) is 8.43. The highest BCUT2D eigenvalue weighted by molar-refractivity contribution is 6.00. The second-order valence-electron chi connectivity index (χ2n) is 6.05. The third kappa shape index (κ3) is 4.17. The van der Waals surface area contributed by atoms with Gasteiger partial charge in [0.2, 0.25) is 0 Å². The highest BCUT2D eigenvalue weighted by atomic mass is 19.1. The molecule has 1 amide bonds. The molecule has 134 valence electrons. The lowest BCUT2D eigenvalue weighted by Crippen LogP contribution is -2.25. The predicted octanol–water partition coefficient (Wildman–Crippen LogP) is 4.07. The van der Waals surface area contributed by atoms with Crippen LogP contribution < -0.4 is 5.32 Å². The highest BCUT2D eigenvalue weighted by Crippen LogP contribution is 2.23. The molecule has 0 saturated carbocycles. The van der Waals surface area contributed by atoms with Crippen molar-refractivity contribution in [2.75, 3.05) is 6.54 Å². The van der Waals surface area contributed by atoms with Gasteiger partial charge >= 0.3 is 0 Å². The van der Waals surface area contributed by atoms with E-state index in [-0.39, 0.29) is 11.7 Å². The average molecular weight is 351 g/mol. The molecule has 0 aliphatic heterocycles. The number of aromatic nitrogens is 2. The minimum absolute atomic E-state index is 0.119. The standard InChI is InChI=1S/C21H22FN3O/c1-2-20-23-13-15-25(20)14-5-12-24-21(26)19-7-4-3-6-18(19)16-8-10-17(22)11-9-16/h3-4,6-11,13,15H,2,5,12,14H2,1H3,(H,24,26). The van der Waals surface area contributed by atoms with Crippen LogP contribution in [0.4, 0.5) is 4.39 Å². The molecule has 4 nitrogen and oxygen atoms in total. The number of rotatable bonds is 7. The van der Waals surface area contributed by atoms with Crippen molar-refractivity contribution in [2.24, 2.45) is 0 Å². The zero-order chi connectivity index (χ0) is 18.4. The van der Waals surface area contributed by atoms with Crippen LogP contribution in [0, 0.1) is 5.82 Å². The summed E-state index contributed by atoms with van der Waals surface area (Å²) in [5.41, 5.74) is 2.21. The molecule has 0 unspecified atom stereocenters. The van der Waals surface area contributed by atoms with Crippen LogP contribution in [0.5, 0.6) is 0 Å². The lowest BCUT2D eigenvalue weighted by Gasteiger charge is -2.11. The highest BCUT2D eigenvalue weighted by Gasteiger charge is 2.12. The first kappa shape index (κ1) is 17.9. The second-order valence-corrected chi connectivity index (χ2v) is 6.05. The van der Waals surface area contributed by atoms with Crippen LogP contribution in [0.2, 0.25) is 0 Å². The topological polar surface area (TPSA) is 46.9 Å². The van der Waals surface area contributed by atoms with Gasteiger partial charge in [0.15, 0.2) is 0 Å². The van der Waals surface area contributed by atoms with Crippen LogP contribution in [-0.4, -0.2) is 22.0 Å². The van der Waals surface area contributed by atoms with Crippen molar-refractivity contribution >= 4 is 5.91 Å². The van der Waals surface area contributed by atoms with Gasteiger partial charge < -0.3 is 9.88 Å². The van der Waals surface area contributed by atoms with Crippen molar-refractivity contribution in [3.8, 4) is 11.1 Å². The number of aryl methyl sites for hydroxylation is 2. The summed E-state index contributed by atoms with van der Waals surface area (Å²) in [6.07, 6.45) is 5.49. The Morgan fingerprint density at radius 3 is 2.69 bits per heavy atom. The molecule has 0 fully saturated rings. The number of hydrogen-bond donors (Lipinski definition) is 1. The van der Waals surface area contributed by atoms with Crippen LogP contribution >= 0.6 is 0 Å². The van der Waals surface area contributed by atoms with E-state index in [1.165, 1.54) is 12.1 Å². The lowest BCUT2D eigenvalue weighted by molar-refractivity contribution is 0.0953. The van der Waals surface area contributed by atoms with E-state index in [4.69, 9.17) is 0 Å². The summed E-state index contributed by atoms with van der Waals surface area (Å²) in [6, 6.07) is 13.6. The Morgan fingerprint density at radius 2 is 1.92 bits per heavy atom. The Bertz CT molecular complexity index is 871. The number of halogens is 1. The van der Waals surface area contributed by atoms with Crippen LogP contribution in [0.15, 0.2) is 60.9 Å².